The Hall–Kier alpha value is 0.0364. The second-order valence-electron chi connectivity index (χ2n) is 7.27. The maximum absolute atomic E-state index is 14.1. The van der Waals surface area contributed by atoms with E-state index in [0.717, 1.165) is 6.92 Å². The number of halogens is 14. The number of nitrogens with zero attached hydrogens (tertiary/aromatic N) is 1. The quantitative estimate of drug-likeness (QED) is 0.257. The van der Waals surface area contributed by atoms with Gasteiger partial charge in [-0.05, 0) is 12.3 Å². The second-order valence-corrected chi connectivity index (χ2v) is 9.36. The molecule has 210 valence electrons. The average Bonchev–Trinajstić information content (AvgIpc) is 2.59. The van der Waals surface area contributed by atoms with Gasteiger partial charge in [0.2, 0.25) is 10.0 Å². The van der Waals surface area contributed by atoms with Gasteiger partial charge in [-0.25, -0.2) is 17.2 Å². The molecule has 0 spiro atoms. The van der Waals surface area contributed by atoms with Crippen LogP contribution in [0.3, 0.4) is 0 Å². The molecule has 0 aliphatic heterocycles. The van der Waals surface area contributed by atoms with Crippen LogP contribution in [0.5, 0.6) is 0 Å². The summed E-state index contributed by atoms with van der Waals surface area (Å²) >= 11 is 0. The number of carboxylic acids is 1. The van der Waals surface area contributed by atoms with Crippen LogP contribution in [0, 0.1) is 5.92 Å². The van der Waals surface area contributed by atoms with E-state index < -0.39 is 96.1 Å². The molecule has 0 unspecified atom stereocenters. The number of sulfonamides is 1. The van der Waals surface area contributed by atoms with Crippen molar-refractivity contribution in [1.29, 1.82) is 0 Å². The first-order chi connectivity index (χ1) is 15.2. The number of rotatable bonds is 11. The summed E-state index contributed by atoms with van der Waals surface area (Å²) in [7, 11) is -5.07. The number of carbonyl (C=O) groups is 1. The predicted octanol–water partition coefficient (Wildman–Crippen LogP) is 0.844. The molecule has 0 aromatic rings. The van der Waals surface area contributed by atoms with Crippen molar-refractivity contribution in [2.75, 3.05) is 18.8 Å². The van der Waals surface area contributed by atoms with Gasteiger partial charge in [-0.2, -0.15) is 57.0 Å². The van der Waals surface area contributed by atoms with Crippen molar-refractivity contribution in [3.05, 3.63) is 0 Å². The van der Waals surface area contributed by atoms with E-state index in [4.69, 9.17) is 0 Å². The summed E-state index contributed by atoms with van der Waals surface area (Å²) in [6, 6.07) is 0. The van der Waals surface area contributed by atoms with E-state index in [9.17, 15) is 79.8 Å². The summed E-state index contributed by atoms with van der Waals surface area (Å²) in [5.41, 5.74) is -12.9. The summed E-state index contributed by atoms with van der Waals surface area (Å²) < 4.78 is 206. The van der Waals surface area contributed by atoms with Crippen molar-refractivity contribution in [2.24, 2.45) is 5.92 Å². The third-order valence-electron chi connectivity index (χ3n) is 4.77. The molecule has 0 radical (unpaired) electrons. The maximum Gasteiger partial charge on any atom is 1.00 e. The molecular weight excluding hydrogens is 595 g/mol. The number of alkyl halides is 14. The van der Waals surface area contributed by atoms with Crippen molar-refractivity contribution in [2.45, 2.75) is 62.2 Å². The molecule has 0 rings (SSSR count). The van der Waals surface area contributed by atoms with E-state index >= 15 is 0 Å². The van der Waals surface area contributed by atoms with Crippen molar-refractivity contribution in [3.63, 3.8) is 0 Å². The number of hydrogen-bond donors (Lipinski definition) is 0. The minimum Gasteiger partial charge on any atom is -0.549 e. The Labute approximate surface area is 237 Å². The summed E-state index contributed by atoms with van der Waals surface area (Å²) in [4.78, 5) is 10.6. The first-order valence-electron chi connectivity index (χ1n) is 8.98. The summed E-state index contributed by atoms with van der Waals surface area (Å²) in [6.45, 7) is -1.24. The van der Waals surface area contributed by atoms with Crippen LogP contribution < -0.4 is 56.5 Å². The second kappa shape index (κ2) is 12.5. The van der Waals surface area contributed by atoms with Gasteiger partial charge in [-0.1, -0.05) is 6.92 Å². The molecule has 0 heterocycles. The summed E-state index contributed by atoms with van der Waals surface area (Å²) in [6.07, 6.45) is -36.3. The molecule has 0 aliphatic rings. The smallest absolute Gasteiger partial charge is 0.549 e. The summed E-state index contributed by atoms with van der Waals surface area (Å²) in [5.74, 6) is -7.40. The number of hydrogen-bond acceptors (Lipinski definition) is 4. The molecular formula is C15H16F14KNO4S. The summed E-state index contributed by atoms with van der Waals surface area (Å²) in [5, 5.41) is 10.6. The van der Waals surface area contributed by atoms with Crippen LogP contribution >= 0.6 is 0 Å². The van der Waals surface area contributed by atoms with Crippen LogP contribution in [0.25, 0.3) is 0 Å². The monoisotopic (exact) mass is 611 g/mol. The molecule has 0 N–H and O–H groups in total. The van der Waals surface area contributed by atoms with E-state index in [2.05, 4.69) is 0 Å². The first kappa shape index (κ1) is 38.2. The van der Waals surface area contributed by atoms with Gasteiger partial charge in [-0.3, -0.25) is 0 Å². The Morgan fingerprint density at radius 1 is 0.750 bits per heavy atom. The zero-order valence-corrected chi connectivity index (χ0v) is 22.0. The molecule has 5 nitrogen and oxygen atoms in total. The standard InChI is InChI=1S/C15H17F14NO4S.K/c1-2-30(7-9(31)32)35(33,34)4-3-8(5-10(16,12(18,19)20)13(21,22)23)6-11(17,14(24,25)26)15(27,28)29;/h8H,2-7H2,1H3,(H,31,32);/q;+1/p-1. The molecule has 0 bridgehead atoms. The van der Waals surface area contributed by atoms with Gasteiger partial charge in [0.05, 0.1) is 18.3 Å². The number of carbonyl (C=O) groups excluding carboxylic acids is 1. The number of carboxylic acid groups (broad SMARTS) is 1. The Morgan fingerprint density at radius 3 is 1.28 bits per heavy atom. The Balaban J connectivity index is 0. The maximum atomic E-state index is 14.1. The number of aliphatic carboxylic acids is 1. The van der Waals surface area contributed by atoms with Crippen LogP contribution in [0.4, 0.5) is 61.5 Å². The Bertz CT molecular complexity index is 769. The largest absolute Gasteiger partial charge is 1.00 e. The van der Waals surface area contributed by atoms with Gasteiger partial charge in [0.25, 0.3) is 11.3 Å². The molecule has 0 aliphatic carbocycles. The normalized spacial score (nSPS) is 14.8. The Morgan fingerprint density at radius 2 is 1.06 bits per heavy atom. The van der Waals surface area contributed by atoms with Crippen LogP contribution in [-0.2, 0) is 14.8 Å². The van der Waals surface area contributed by atoms with E-state index in [1.54, 1.807) is 0 Å². The van der Waals surface area contributed by atoms with Crippen molar-refractivity contribution >= 4 is 16.0 Å². The molecule has 0 aromatic carbocycles. The number of likely N-dealkylation sites (N-methyl/N-ethyl adjacent to an activating group) is 1. The van der Waals surface area contributed by atoms with Crippen molar-refractivity contribution < 1.29 is 131 Å². The van der Waals surface area contributed by atoms with Crippen LogP contribution in [0.1, 0.15) is 26.2 Å². The minimum absolute atomic E-state index is 0. The van der Waals surface area contributed by atoms with Crippen molar-refractivity contribution in [3.8, 4) is 0 Å². The van der Waals surface area contributed by atoms with Crippen LogP contribution in [-0.4, -0.2) is 73.6 Å². The SMILES string of the molecule is CCN(CC(=O)[O-])S(=O)(=O)CCC(CC(F)(C(F)(F)F)C(F)(F)F)CC(F)(C(F)(F)F)C(F)(F)F.[K+]. The zero-order valence-electron chi connectivity index (χ0n) is 18.1. The Kier molecular flexibility index (Phi) is 13.2. The molecule has 36 heavy (non-hydrogen) atoms. The minimum atomic E-state index is -6.96. The average molecular weight is 611 g/mol. The molecule has 0 fully saturated rings. The fraction of sp³-hybridized carbons (Fsp3) is 0.933. The molecule has 0 saturated carbocycles. The fourth-order valence-electron chi connectivity index (χ4n) is 2.85. The van der Waals surface area contributed by atoms with Gasteiger partial charge < -0.3 is 9.90 Å². The van der Waals surface area contributed by atoms with Crippen molar-refractivity contribution in [1.82, 2.24) is 4.31 Å². The van der Waals surface area contributed by atoms with Gasteiger partial charge in [-0.15, -0.1) is 0 Å². The van der Waals surface area contributed by atoms with Gasteiger partial charge in [0, 0.05) is 19.4 Å². The van der Waals surface area contributed by atoms with Gasteiger partial charge >= 0.3 is 76.1 Å². The topological polar surface area (TPSA) is 77.5 Å². The van der Waals surface area contributed by atoms with Crippen LogP contribution in [0.15, 0.2) is 0 Å². The molecule has 0 aromatic heterocycles. The van der Waals surface area contributed by atoms with E-state index in [-0.39, 0.29) is 55.7 Å². The van der Waals surface area contributed by atoms with E-state index in [1.807, 2.05) is 0 Å². The molecule has 21 heteroatoms. The molecule has 0 atom stereocenters. The van der Waals surface area contributed by atoms with E-state index in [0.29, 0.717) is 0 Å². The fourth-order valence-corrected chi connectivity index (χ4v) is 4.44. The molecule has 0 saturated heterocycles. The predicted molar refractivity (Wildman–Crippen MR) is 85.3 cm³/mol. The van der Waals surface area contributed by atoms with Gasteiger partial charge in [0.1, 0.15) is 0 Å². The third-order valence-corrected chi connectivity index (χ3v) is 6.70. The van der Waals surface area contributed by atoms with Crippen LogP contribution in [0.2, 0.25) is 0 Å². The third kappa shape index (κ3) is 9.06. The zero-order chi connectivity index (χ0) is 28.5. The van der Waals surface area contributed by atoms with Gasteiger partial charge in [0.15, 0.2) is 0 Å². The molecule has 0 amide bonds. The first-order valence-corrected chi connectivity index (χ1v) is 10.6. The van der Waals surface area contributed by atoms with E-state index in [1.165, 1.54) is 0 Å².